The zero-order valence-electron chi connectivity index (χ0n) is 10.6. The molecule has 0 aromatic heterocycles. The predicted octanol–water partition coefficient (Wildman–Crippen LogP) is 4.20. The van der Waals surface area contributed by atoms with Crippen LogP contribution >= 0.6 is 0 Å². The van der Waals surface area contributed by atoms with Crippen LogP contribution in [0.5, 0.6) is 0 Å². The van der Waals surface area contributed by atoms with Gasteiger partial charge in [0.1, 0.15) is 11.6 Å². The molecule has 0 fully saturated rings. The summed E-state index contributed by atoms with van der Waals surface area (Å²) in [6, 6.07) is 4.05. The van der Waals surface area contributed by atoms with Crippen LogP contribution in [0.15, 0.2) is 30.3 Å². The van der Waals surface area contributed by atoms with Gasteiger partial charge in [0.15, 0.2) is 23.2 Å². The highest BCUT2D eigenvalue weighted by atomic mass is 19.2. The Bertz CT molecular complexity index is 673. The molecule has 0 unspecified atom stereocenters. The molecule has 0 amide bonds. The molecule has 6 heteroatoms. The van der Waals surface area contributed by atoms with E-state index in [-0.39, 0.29) is 24.0 Å². The molecule has 0 aliphatic heterocycles. The predicted molar refractivity (Wildman–Crippen MR) is 65.3 cm³/mol. The van der Waals surface area contributed by atoms with E-state index in [0.717, 1.165) is 24.3 Å². The Hall–Kier alpha value is -2.24. The molecule has 21 heavy (non-hydrogen) atoms. The quantitative estimate of drug-likeness (QED) is 0.470. The minimum absolute atomic E-state index is 0.0715. The molecule has 0 saturated heterocycles. The van der Waals surface area contributed by atoms with E-state index in [9.17, 15) is 26.7 Å². The summed E-state index contributed by atoms with van der Waals surface area (Å²) in [6.07, 6.45) is -0.336. The Morgan fingerprint density at radius 2 is 1.48 bits per heavy atom. The molecule has 0 N–H and O–H groups in total. The van der Waals surface area contributed by atoms with E-state index in [4.69, 9.17) is 0 Å². The lowest BCUT2D eigenvalue weighted by molar-refractivity contribution is 0.0978. The van der Waals surface area contributed by atoms with Crippen molar-refractivity contribution < 1.29 is 26.7 Å². The van der Waals surface area contributed by atoms with Gasteiger partial charge < -0.3 is 0 Å². The average molecular weight is 300 g/mol. The first kappa shape index (κ1) is 15.2. The van der Waals surface area contributed by atoms with Gasteiger partial charge in [-0.2, -0.15) is 0 Å². The summed E-state index contributed by atoms with van der Waals surface area (Å²) in [5.74, 6) is -6.76. The monoisotopic (exact) mass is 300 g/mol. The summed E-state index contributed by atoms with van der Waals surface area (Å²) in [7, 11) is 0. The molecule has 2 aromatic rings. The standard InChI is InChI=1S/C15H9F5O/c16-9-2-3-10(11(17)7-9)14(21)4-1-8-5-12(18)15(20)13(19)6-8/h2-3,5-7H,1,4H2. The summed E-state index contributed by atoms with van der Waals surface area (Å²) in [5, 5.41) is 0. The van der Waals surface area contributed by atoms with Gasteiger partial charge in [-0.25, -0.2) is 22.0 Å². The molecule has 0 bridgehead atoms. The SMILES string of the molecule is O=C(CCc1cc(F)c(F)c(F)c1)c1ccc(F)cc1F. The fourth-order valence-corrected chi connectivity index (χ4v) is 1.86. The van der Waals surface area contributed by atoms with Crippen LogP contribution in [0.3, 0.4) is 0 Å². The van der Waals surface area contributed by atoms with Gasteiger partial charge >= 0.3 is 0 Å². The number of aryl methyl sites for hydroxylation is 1. The van der Waals surface area contributed by atoms with E-state index in [2.05, 4.69) is 0 Å². The Morgan fingerprint density at radius 3 is 2.05 bits per heavy atom. The molecule has 1 nitrogen and oxygen atoms in total. The first-order chi connectivity index (χ1) is 9.88. The second-order valence-electron chi connectivity index (χ2n) is 4.42. The maximum Gasteiger partial charge on any atom is 0.194 e. The van der Waals surface area contributed by atoms with Crippen molar-refractivity contribution in [2.45, 2.75) is 12.8 Å². The summed E-state index contributed by atoms with van der Waals surface area (Å²) in [6.45, 7) is 0. The lowest BCUT2D eigenvalue weighted by Gasteiger charge is -2.05. The molecule has 0 atom stereocenters. The molecule has 0 heterocycles. The van der Waals surface area contributed by atoms with Crippen molar-refractivity contribution in [2.75, 3.05) is 0 Å². The van der Waals surface area contributed by atoms with Gasteiger partial charge in [-0.1, -0.05) is 0 Å². The summed E-state index contributed by atoms with van der Waals surface area (Å²) < 4.78 is 64.8. The maximum absolute atomic E-state index is 13.4. The van der Waals surface area contributed by atoms with Crippen LogP contribution < -0.4 is 0 Å². The lowest BCUT2D eigenvalue weighted by Crippen LogP contribution is -2.05. The molecular formula is C15H9F5O. The van der Waals surface area contributed by atoms with E-state index < -0.39 is 34.9 Å². The minimum atomic E-state index is -1.59. The molecule has 0 radical (unpaired) electrons. The fourth-order valence-electron chi connectivity index (χ4n) is 1.86. The third kappa shape index (κ3) is 3.45. The lowest BCUT2D eigenvalue weighted by atomic mass is 10.0. The van der Waals surface area contributed by atoms with Gasteiger partial charge in [0.25, 0.3) is 0 Å². The smallest absolute Gasteiger partial charge is 0.194 e. The van der Waals surface area contributed by atoms with Gasteiger partial charge in [-0.05, 0) is 36.2 Å². The van der Waals surface area contributed by atoms with Gasteiger partial charge in [-0.3, -0.25) is 4.79 Å². The first-order valence-corrected chi connectivity index (χ1v) is 6.00. The number of hydrogen-bond donors (Lipinski definition) is 0. The Labute approximate surface area is 117 Å². The fraction of sp³-hybridized carbons (Fsp3) is 0.133. The van der Waals surface area contributed by atoms with E-state index in [1.54, 1.807) is 0 Å². The van der Waals surface area contributed by atoms with Gasteiger partial charge in [0.2, 0.25) is 0 Å². The molecular weight excluding hydrogens is 291 g/mol. The van der Waals surface area contributed by atoms with E-state index in [1.807, 2.05) is 0 Å². The van der Waals surface area contributed by atoms with E-state index in [1.165, 1.54) is 0 Å². The zero-order chi connectivity index (χ0) is 15.6. The summed E-state index contributed by atoms with van der Waals surface area (Å²) in [5.41, 5.74) is -0.235. The van der Waals surface area contributed by atoms with Crippen molar-refractivity contribution in [1.82, 2.24) is 0 Å². The topological polar surface area (TPSA) is 17.1 Å². The molecule has 110 valence electrons. The number of rotatable bonds is 4. The third-order valence-electron chi connectivity index (χ3n) is 2.92. The van der Waals surface area contributed by atoms with Gasteiger partial charge in [0.05, 0.1) is 5.56 Å². The molecule has 0 aliphatic carbocycles. The molecule has 0 saturated carbocycles. The number of Topliss-reactive ketones (excluding diaryl/α,β-unsaturated/α-hetero) is 1. The molecule has 2 aromatic carbocycles. The van der Waals surface area contributed by atoms with Crippen LogP contribution in [0, 0.1) is 29.1 Å². The number of benzene rings is 2. The maximum atomic E-state index is 13.4. The molecule has 0 spiro atoms. The van der Waals surface area contributed by atoms with Crippen molar-refractivity contribution in [3.63, 3.8) is 0 Å². The Kier molecular flexibility index (Phi) is 4.35. The Morgan fingerprint density at radius 1 is 0.857 bits per heavy atom. The number of ketones is 1. The second-order valence-corrected chi connectivity index (χ2v) is 4.42. The van der Waals surface area contributed by atoms with E-state index >= 15 is 0 Å². The van der Waals surface area contributed by atoms with E-state index in [0.29, 0.717) is 6.07 Å². The highest BCUT2D eigenvalue weighted by molar-refractivity contribution is 5.96. The zero-order valence-corrected chi connectivity index (χ0v) is 10.6. The normalized spacial score (nSPS) is 10.7. The number of carbonyl (C=O) groups excluding carboxylic acids is 1. The third-order valence-corrected chi connectivity index (χ3v) is 2.92. The van der Waals surface area contributed by atoms with Crippen LogP contribution in [-0.2, 0) is 6.42 Å². The Balaban J connectivity index is 2.11. The van der Waals surface area contributed by atoms with Crippen LogP contribution in [0.4, 0.5) is 22.0 Å². The van der Waals surface area contributed by atoms with Crippen LogP contribution in [0.2, 0.25) is 0 Å². The first-order valence-electron chi connectivity index (χ1n) is 6.00. The summed E-state index contributed by atoms with van der Waals surface area (Å²) >= 11 is 0. The van der Waals surface area contributed by atoms with Crippen LogP contribution in [0.1, 0.15) is 22.3 Å². The van der Waals surface area contributed by atoms with Crippen molar-refractivity contribution in [1.29, 1.82) is 0 Å². The summed E-state index contributed by atoms with van der Waals surface area (Å²) in [4.78, 5) is 11.8. The van der Waals surface area contributed by atoms with Crippen molar-refractivity contribution in [3.8, 4) is 0 Å². The van der Waals surface area contributed by atoms with Crippen molar-refractivity contribution in [2.24, 2.45) is 0 Å². The minimum Gasteiger partial charge on any atom is -0.294 e. The number of hydrogen-bond acceptors (Lipinski definition) is 1. The largest absolute Gasteiger partial charge is 0.294 e. The van der Waals surface area contributed by atoms with Crippen molar-refractivity contribution in [3.05, 3.63) is 70.5 Å². The number of carbonyl (C=O) groups is 1. The van der Waals surface area contributed by atoms with Gasteiger partial charge in [-0.15, -0.1) is 0 Å². The van der Waals surface area contributed by atoms with Crippen LogP contribution in [-0.4, -0.2) is 5.78 Å². The van der Waals surface area contributed by atoms with Crippen LogP contribution in [0.25, 0.3) is 0 Å². The highest BCUT2D eigenvalue weighted by Crippen LogP contribution is 2.17. The molecule has 2 rings (SSSR count). The van der Waals surface area contributed by atoms with Gasteiger partial charge in [0, 0.05) is 12.5 Å². The average Bonchev–Trinajstić information content (AvgIpc) is 2.42. The molecule has 0 aliphatic rings. The van der Waals surface area contributed by atoms with Crippen molar-refractivity contribution >= 4 is 5.78 Å². The second kappa shape index (κ2) is 6.03. The highest BCUT2D eigenvalue weighted by Gasteiger charge is 2.15. The number of halogens is 5.